The normalized spacial score (nSPS) is 23.2. The Morgan fingerprint density at radius 2 is 2.64 bits per heavy atom. The summed E-state index contributed by atoms with van der Waals surface area (Å²) in [5.74, 6) is 1.20. The van der Waals surface area contributed by atoms with Crippen molar-refractivity contribution in [2.75, 3.05) is 6.54 Å². The highest BCUT2D eigenvalue weighted by Gasteiger charge is 2.17. The second-order valence-electron chi connectivity index (χ2n) is 3.03. The molecule has 1 aromatic rings. The van der Waals surface area contributed by atoms with Crippen molar-refractivity contribution in [2.24, 2.45) is 5.73 Å². The molecule has 3 heteroatoms. The highest BCUT2D eigenvalue weighted by atomic mass is 15.1. The monoisotopic (exact) mass is 151 g/mol. The van der Waals surface area contributed by atoms with Gasteiger partial charge >= 0.3 is 0 Å². The number of fused-ring (bicyclic) bond motifs is 1. The third kappa shape index (κ3) is 1.05. The summed E-state index contributed by atoms with van der Waals surface area (Å²) in [6.45, 7) is 0.739. The van der Waals surface area contributed by atoms with Crippen molar-refractivity contribution >= 4 is 0 Å². The lowest BCUT2D eigenvalue weighted by atomic mass is 10.1. The van der Waals surface area contributed by atoms with Crippen molar-refractivity contribution in [3.05, 3.63) is 18.2 Å². The number of aromatic nitrogens is 2. The molecule has 0 spiro atoms. The molecule has 0 saturated carbocycles. The van der Waals surface area contributed by atoms with Crippen LogP contribution in [0.3, 0.4) is 0 Å². The molecule has 1 aromatic heterocycles. The summed E-state index contributed by atoms with van der Waals surface area (Å²) < 4.78 is 2.21. The highest BCUT2D eigenvalue weighted by molar-refractivity contribution is 4.99. The molecule has 2 N–H and O–H groups in total. The Morgan fingerprint density at radius 1 is 1.73 bits per heavy atom. The fourth-order valence-electron chi connectivity index (χ4n) is 1.74. The molecule has 0 radical (unpaired) electrons. The Labute approximate surface area is 66.2 Å². The summed E-state index contributed by atoms with van der Waals surface area (Å²) in [5, 5.41) is 0. The summed E-state index contributed by atoms with van der Waals surface area (Å²) in [4.78, 5) is 4.26. The van der Waals surface area contributed by atoms with Gasteiger partial charge in [0.25, 0.3) is 0 Å². The zero-order valence-corrected chi connectivity index (χ0v) is 6.53. The van der Waals surface area contributed by atoms with Gasteiger partial charge in [-0.15, -0.1) is 0 Å². The molecule has 1 aliphatic rings. The smallest absolute Gasteiger partial charge is 0.108 e. The molecule has 0 saturated heterocycles. The summed E-state index contributed by atoms with van der Waals surface area (Å²) >= 11 is 0. The molecule has 0 amide bonds. The second-order valence-corrected chi connectivity index (χ2v) is 3.03. The van der Waals surface area contributed by atoms with E-state index in [1.807, 2.05) is 12.4 Å². The van der Waals surface area contributed by atoms with E-state index in [-0.39, 0.29) is 0 Å². The third-order valence-electron chi connectivity index (χ3n) is 2.35. The fourth-order valence-corrected chi connectivity index (χ4v) is 1.74. The van der Waals surface area contributed by atoms with Crippen LogP contribution in [0.4, 0.5) is 0 Å². The van der Waals surface area contributed by atoms with Gasteiger partial charge in [0.2, 0.25) is 0 Å². The molecule has 3 nitrogen and oxygen atoms in total. The van der Waals surface area contributed by atoms with Crippen LogP contribution < -0.4 is 5.73 Å². The zero-order valence-electron chi connectivity index (χ0n) is 6.53. The van der Waals surface area contributed by atoms with Gasteiger partial charge in [0.15, 0.2) is 0 Å². The van der Waals surface area contributed by atoms with E-state index in [9.17, 15) is 0 Å². The first-order valence-corrected chi connectivity index (χ1v) is 4.13. The summed E-state index contributed by atoms with van der Waals surface area (Å²) in [7, 11) is 0. The zero-order chi connectivity index (χ0) is 7.68. The Morgan fingerprint density at radius 3 is 3.45 bits per heavy atom. The highest BCUT2D eigenvalue weighted by Crippen LogP contribution is 2.21. The van der Waals surface area contributed by atoms with Gasteiger partial charge in [-0.25, -0.2) is 4.98 Å². The van der Waals surface area contributed by atoms with Gasteiger partial charge < -0.3 is 10.3 Å². The maximum Gasteiger partial charge on any atom is 0.108 e. The molecule has 60 valence electrons. The Bertz CT molecular complexity index is 241. The topological polar surface area (TPSA) is 43.8 Å². The van der Waals surface area contributed by atoms with Crippen LogP contribution in [0.2, 0.25) is 0 Å². The van der Waals surface area contributed by atoms with E-state index < -0.39 is 0 Å². The van der Waals surface area contributed by atoms with Crippen molar-refractivity contribution in [3.63, 3.8) is 0 Å². The van der Waals surface area contributed by atoms with E-state index in [2.05, 4.69) is 9.55 Å². The van der Waals surface area contributed by atoms with Gasteiger partial charge in [0.05, 0.1) is 0 Å². The molecule has 0 bridgehead atoms. The number of hydrogen-bond acceptors (Lipinski definition) is 2. The van der Waals surface area contributed by atoms with Gasteiger partial charge in [-0.05, 0) is 12.8 Å². The van der Waals surface area contributed by atoms with Crippen LogP contribution >= 0.6 is 0 Å². The minimum atomic E-state index is 0.501. The van der Waals surface area contributed by atoms with Crippen LogP contribution in [0.5, 0.6) is 0 Å². The van der Waals surface area contributed by atoms with Gasteiger partial charge in [0.1, 0.15) is 5.82 Å². The lowest BCUT2D eigenvalue weighted by molar-refractivity contribution is 0.404. The minimum absolute atomic E-state index is 0.501. The quantitative estimate of drug-likeness (QED) is 0.642. The standard InChI is InChI=1S/C8H13N3/c9-6-7-2-1-3-8-10-4-5-11(7)8/h4-5,7H,1-3,6,9H2. The molecule has 0 aliphatic carbocycles. The van der Waals surface area contributed by atoms with Crippen molar-refractivity contribution < 1.29 is 0 Å². The Balaban J connectivity index is 2.32. The number of aryl methyl sites for hydroxylation is 1. The van der Waals surface area contributed by atoms with Gasteiger partial charge in [-0.1, -0.05) is 0 Å². The second kappa shape index (κ2) is 2.66. The molecule has 1 atom stereocenters. The van der Waals surface area contributed by atoms with Crippen LogP contribution in [-0.4, -0.2) is 16.1 Å². The maximum atomic E-state index is 5.63. The van der Waals surface area contributed by atoms with Crippen molar-refractivity contribution in [1.82, 2.24) is 9.55 Å². The van der Waals surface area contributed by atoms with E-state index in [0.29, 0.717) is 6.04 Å². The van der Waals surface area contributed by atoms with Gasteiger partial charge in [-0.3, -0.25) is 0 Å². The molecular weight excluding hydrogens is 138 g/mol. The van der Waals surface area contributed by atoms with Crippen LogP contribution in [-0.2, 0) is 6.42 Å². The number of nitrogens with zero attached hydrogens (tertiary/aromatic N) is 2. The first-order valence-electron chi connectivity index (χ1n) is 4.13. The predicted molar refractivity (Wildman–Crippen MR) is 43.3 cm³/mol. The van der Waals surface area contributed by atoms with Crippen molar-refractivity contribution in [3.8, 4) is 0 Å². The van der Waals surface area contributed by atoms with Gasteiger partial charge in [-0.2, -0.15) is 0 Å². The predicted octanol–water partition coefficient (Wildman–Crippen LogP) is 0.719. The van der Waals surface area contributed by atoms with Crippen LogP contribution in [0, 0.1) is 0 Å². The Kier molecular flexibility index (Phi) is 1.66. The van der Waals surface area contributed by atoms with Crippen molar-refractivity contribution in [1.29, 1.82) is 0 Å². The average molecular weight is 151 g/mol. The van der Waals surface area contributed by atoms with E-state index in [4.69, 9.17) is 5.73 Å². The van der Waals surface area contributed by atoms with Crippen LogP contribution in [0.15, 0.2) is 12.4 Å². The maximum absolute atomic E-state index is 5.63. The molecule has 11 heavy (non-hydrogen) atoms. The molecule has 0 fully saturated rings. The van der Waals surface area contributed by atoms with Crippen molar-refractivity contribution in [2.45, 2.75) is 25.3 Å². The first-order chi connectivity index (χ1) is 5.42. The number of nitrogens with two attached hydrogens (primary N) is 1. The Hall–Kier alpha value is -0.830. The molecular formula is C8H13N3. The summed E-state index contributed by atoms with van der Waals surface area (Å²) in [6.07, 6.45) is 7.46. The molecule has 2 heterocycles. The van der Waals surface area contributed by atoms with Gasteiger partial charge in [0, 0.05) is 31.4 Å². The lowest BCUT2D eigenvalue weighted by Crippen LogP contribution is -2.24. The van der Waals surface area contributed by atoms with E-state index in [1.54, 1.807) is 0 Å². The fraction of sp³-hybridized carbons (Fsp3) is 0.625. The molecule has 1 aliphatic heterocycles. The van der Waals surface area contributed by atoms with Crippen LogP contribution in [0.1, 0.15) is 24.7 Å². The summed E-state index contributed by atoms with van der Waals surface area (Å²) in [6, 6.07) is 0.501. The summed E-state index contributed by atoms with van der Waals surface area (Å²) in [5.41, 5.74) is 5.63. The third-order valence-corrected chi connectivity index (χ3v) is 2.35. The molecule has 2 rings (SSSR count). The number of rotatable bonds is 1. The molecule has 0 aromatic carbocycles. The van der Waals surface area contributed by atoms with Crippen LogP contribution in [0.25, 0.3) is 0 Å². The number of hydrogen-bond donors (Lipinski definition) is 1. The molecule has 1 unspecified atom stereocenters. The van der Waals surface area contributed by atoms with E-state index in [1.165, 1.54) is 18.7 Å². The first kappa shape index (κ1) is 6.85. The lowest BCUT2D eigenvalue weighted by Gasteiger charge is -2.23. The largest absolute Gasteiger partial charge is 0.331 e. The SMILES string of the molecule is NCC1CCCc2nccn21. The van der Waals surface area contributed by atoms with E-state index in [0.717, 1.165) is 13.0 Å². The number of imidazole rings is 1. The van der Waals surface area contributed by atoms with E-state index >= 15 is 0 Å². The minimum Gasteiger partial charge on any atom is -0.331 e. The average Bonchev–Trinajstić information content (AvgIpc) is 2.50.